The van der Waals surface area contributed by atoms with Crippen LogP contribution in [0, 0.1) is 0 Å². The highest BCUT2D eigenvalue weighted by Gasteiger charge is 2.56. The lowest BCUT2D eigenvalue weighted by Crippen LogP contribution is -2.65. The van der Waals surface area contributed by atoms with Crippen LogP contribution in [0.1, 0.15) is 84.5 Å². The molecule has 65 heavy (non-hydrogen) atoms. The van der Waals surface area contributed by atoms with Crippen LogP contribution >= 0.6 is 0 Å². The maximum absolute atomic E-state index is 14.2. The van der Waals surface area contributed by atoms with Crippen LogP contribution in [0.5, 0.6) is 5.75 Å². The van der Waals surface area contributed by atoms with Gasteiger partial charge in [0.1, 0.15) is 24.6 Å². The molecule has 6 aromatic carbocycles. The van der Waals surface area contributed by atoms with E-state index in [-0.39, 0.29) is 34.6 Å². The van der Waals surface area contributed by atoms with E-state index >= 15 is 0 Å². The van der Waals surface area contributed by atoms with Crippen molar-refractivity contribution in [2.75, 3.05) is 0 Å². The Morgan fingerprint density at radius 1 is 0.538 bits per heavy atom. The van der Waals surface area contributed by atoms with Crippen molar-refractivity contribution in [3.63, 3.8) is 0 Å². The predicted molar refractivity (Wildman–Crippen MR) is 238 cm³/mol. The van der Waals surface area contributed by atoms with Gasteiger partial charge in [0.15, 0.2) is 12.2 Å². The summed E-state index contributed by atoms with van der Waals surface area (Å²) in [5, 5.41) is 0. The molecule has 6 aromatic rings. The summed E-state index contributed by atoms with van der Waals surface area (Å²) in [7, 11) is 0. The van der Waals surface area contributed by atoms with Gasteiger partial charge >= 0.3 is 29.8 Å². The normalized spacial score (nSPS) is 18.3. The van der Waals surface area contributed by atoms with Crippen molar-refractivity contribution < 1.29 is 57.1 Å². The van der Waals surface area contributed by atoms with E-state index in [9.17, 15) is 24.0 Å². The number of carbonyl (C=O) groups excluding carboxylic acids is 5. The summed E-state index contributed by atoms with van der Waals surface area (Å²) < 4.78 is 43.7. The van der Waals surface area contributed by atoms with Crippen LogP contribution in [-0.2, 0) is 52.7 Å². The smallest absolute Gasteiger partial charge is 0.338 e. The van der Waals surface area contributed by atoms with Crippen molar-refractivity contribution in [2.45, 2.75) is 77.0 Å². The second-order valence-electron chi connectivity index (χ2n) is 15.3. The average molecular weight is 877 g/mol. The minimum atomic E-state index is -1.64. The molecule has 12 heteroatoms. The highest BCUT2D eigenvalue weighted by atomic mass is 16.7. The van der Waals surface area contributed by atoms with E-state index in [4.69, 9.17) is 33.2 Å². The molecule has 1 aliphatic heterocycles. The van der Waals surface area contributed by atoms with Crippen molar-refractivity contribution in [2.24, 2.45) is 0 Å². The Hall–Kier alpha value is -7.57. The number of aryl methyl sites for hydroxylation is 1. The molecule has 0 aromatic heterocycles. The predicted octanol–water partition coefficient (Wildman–Crippen LogP) is 8.93. The molecule has 12 nitrogen and oxygen atoms in total. The monoisotopic (exact) mass is 876 g/mol. The summed E-state index contributed by atoms with van der Waals surface area (Å²) in [6, 6.07) is 46.1. The standard InChI is InChI=1S/C53H48O12/c1-4-36-25-27-37(28-26-36)31-43-30-29-38(33-59-35(3)54)32-44(43)61-53-48(64-52(58)42-23-15-8-16-24-42)47(63-51(57)41-21-13-7-14-22-41)46(62-50(56)40-19-11-6-12-20-40)45(65-53)34(2)60-49(55)39-17-9-5-10-18-39/h5-30,32,34,45-48,53H,4,31,33H2,1-3H3/t34-,45-,46-,47+,48-,53-/m1/s1. The van der Waals surface area contributed by atoms with Crippen molar-refractivity contribution in [1.82, 2.24) is 0 Å². The van der Waals surface area contributed by atoms with Gasteiger partial charge in [-0.05, 0) is 90.2 Å². The Bertz CT molecular complexity index is 2550. The number of ether oxygens (including phenoxy) is 7. The van der Waals surface area contributed by atoms with Crippen molar-refractivity contribution in [1.29, 1.82) is 0 Å². The molecule has 0 amide bonds. The largest absolute Gasteiger partial charge is 0.461 e. The van der Waals surface area contributed by atoms with Crippen LogP contribution in [-0.4, -0.2) is 66.7 Å². The van der Waals surface area contributed by atoms with E-state index in [0.717, 1.165) is 17.5 Å². The third kappa shape index (κ3) is 11.9. The molecule has 1 fully saturated rings. The Labute approximate surface area is 377 Å². The number of hydrogen-bond acceptors (Lipinski definition) is 12. The summed E-state index contributed by atoms with van der Waals surface area (Å²) in [5.41, 5.74) is 4.06. The minimum Gasteiger partial charge on any atom is -0.461 e. The second-order valence-corrected chi connectivity index (χ2v) is 15.3. The van der Waals surface area contributed by atoms with E-state index in [0.29, 0.717) is 17.5 Å². The molecule has 0 unspecified atom stereocenters. The van der Waals surface area contributed by atoms with Gasteiger partial charge in [0.05, 0.1) is 22.3 Å². The molecule has 0 bridgehead atoms. The van der Waals surface area contributed by atoms with Gasteiger partial charge in [0, 0.05) is 13.3 Å². The van der Waals surface area contributed by atoms with Crippen LogP contribution in [0.2, 0.25) is 0 Å². The fraction of sp³-hybridized carbons (Fsp3) is 0.226. The van der Waals surface area contributed by atoms with Crippen LogP contribution in [0.15, 0.2) is 164 Å². The Balaban J connectivity index is 1.36. The summed E-state index contributed by atoms with van der Waals surface area (Å²) >= 11 is 0. The molecule has 0 N–H and O–H groups in total. The van der Waals surface area contributed by atoms with Crippen molar-refractivity contribution in [3.05, 3.63) is 208 Å². The molecule has 332 valence electrons. The third-order valence-electron chi connectivity index (χ3n) is 10.7. The first kappa shape index (κ1) is 45.5. The first-order chi connectivity index (χ1) is 31.6. The van der Waals surface area contributed by atoms with Gasteiger partial charge in [-0.1, -0.05) is 116 Å². The fourth-order valence-corrected chi connectivity index (χ4v) is 7.25. The zero-order chi connectivity index (χ0) is 45.7. The lowest BCUT2D eigenvalue weighted by atomic mass is 9.94. The maximum Gasteiger partial charge on any atom is 0.338 e. The average Bonchev–Trinajstić information content (AvgIpc) is 3.34. The summed E-state index contributed by atoms with van der Waals surface area (Å²) in [4.78, 5) is 67.9. The van der Waals surface area contributed by atoms with Crippen LogP contribution < -0.4 is 4.74 Å². The molecule has 7 rings (SSSR count). The first-order valence-corrected chi connectivity index (χ1v) is 21.3. The number of benzene rings is 6. The van der Waals surface area contributed by atoms with E-state index in [1.165, 1.54) is 6.92 Å². The third-order valence-corrected chi connectivity index (χ3v) is 10.7. The van der Waals surface area contributed by atoms with Crippen molar-refractivity contribution in [3.8, 4) is 5.75 Å². The van der Waals surface area contributed by atoms with E-state index < -0.39 is 66.7 Å². The summed E-state index contributed by atoms with van der Waals surface area (Å²) in [5.74, 6) is -3.45. The van der Waals surface area contributed by atoms with E-state index in [2.05, 4.69) is 6.92 Å². The van der Waals surface area contributed by atoms with Crippen LogP contribution in [0.4, 0.5) is 0 Å². The van der Waals surface area contributed by atoms with Gasteiger partial charge in [-0.3, -0.25) is 4.79 Å². The quantitative estimate of drug-likeness (QED) is 0.0675. The zero-order valence-corrected chi connectivity index (χ0v) is 36.1. The molecule has 1 saturated heterocycles. The van der Waals surface area contributed by atoms with Gasteiger partial charge in [-0.2, -0.15) is 0 Å². The van der Waals surface area contributed by atoms with Gasteiger partial charge in [0.2, 0.25) is 12.4 Å². The summed E-state index contributed by atoms with van der Waals surface area (Å²) in [6.45, 7) is 4.84. The molecular formula is C53H48O12. The van der Waals surface area contributed by atoms with Crippen molar-refractivity contribution >= 4 is 29.8 Å². The van der Waals surface area contributed by atoms with E-state index in [1.807, 2.05) is 30.3 Å². The Morgan fingerprint density at radius 2 is 0.985 bits per heavy atom. The number of rotatable bonds is 16. The number of esters is 5. The maximum atomic E-state index is 14.2. The first-order valence-electron chi connectivity index (χ1n) is 21.3. The molecule has 0 saturated carbocycles. The van der Waals surface area contributed by atoms with Gasteiger partial charge in [-0.15, -0.1) is 0 Å². The van der Waals surface area contributed by atoms with Gasteiger partial charge < -0.3 is 33.2 Å². The zero-order valence-electron chi connectivity index (χ0n) is 36.1. The highest BCUT2D eigenvalue weighted by molar-refractivity contribution is 5.91. The Morgan fingerprint density at radius 3 is 1.48 bits per heavy atom. The molecule has 1 aliphatic rings. The van der Waals surface area contributed by atoms with Gasteiger partial charge in [-0.25, -0.2) is 19.2 Å². The van der Waals surface area contributed by atoms with Crippen LogP contribution in [0.25, 0.3) is 0 Å². The molecule has 1 heterocycles. The summed E-state index contributed by atoms with van der Waals surface area (Å²) in [6.07, 6.45) is -7.84. The molecular weight excluding hydrogens is 829 g/mol. The molecule has 0 spiro atoms. The number of hydrogen-bond donors (Lipinski definition) is 0. The number of carbonyl (C=O) groups is 5. The molecule has 0 radical (unpaired) electrons. The van der Waals surface area contributed by atoms with E-state index in [1.54, 1.807) is 140 Å². The molecule has 0 aliphatic carbocycles. The minimum absolute atomic E-state index is 0.0843. The lowest BCUT2D eigenvalue weighted by Gasteiger charge is -2.45. The topological polar surface area (TPSA) is 150 Å². The van der Waals surface area contributed by atoms with Gasteiger partial charge in [0.25, 0.3) is 0 Å². The van der Waals surface area contributed by atoms with Crippen LogP contribution in [0.3, 0.4) is 0 Å². The second kappa shape index (κ2) is 21.7. The Kier molecular flexibility index (Phi) is 15.2. The SMILES string of the molecule is CCc1ccc(Cc2ccc(COC(C)=O)cc2O[C@@H]2O[C@H]([C@@H](C)OC(=O)c3ccccc3)[C@@H](OC(=O)c3ccccc3)[C@H](OC(=O)c3ccccc3)[C@H]2OC(=O)c2ccccc2)cc1. The molecule has 6 atom stereocenters. The fourth-order valence-electron chi connectivity index (χ4n) is 7.25. The lowest BCUT2D eigenvalue weighted by molar-refractivity contribution is -0.284. The highest BCUT2D eigenvalue weighted by Crippen LogP contribution is 2.36.